The van der Waals surface area contributed by atoms with Gasteiger partial charge in [-0.3, -0.25) is 9.69 Å². The van der Waals surface area contributed by atoms with Gasteiger partial charge in [-0.15, -0.1) is 0 Å². The molecule has 0 N–H and O–H groups in total. The summed E-state index contributed by atoms with van der Waals surface area (Å²) in [5.74, 6) is 0.521. The van der Waals surface area contributed by atoms with Crippen LogP contribution in [-0.4, -0.2) is 24.9 Å². The van der Waals surface area contributed by atoms with Gasteiger partial charge < -0.3 is 4.43 Å². The largest absolute Gasteiger partial charge is 0.410 e. The van der Waals surface area contributed by atoms with E-state index in [9.17, 15) is 4.79 Å². The Kier molecular flexibility index (Phi) is 5.23. The number of hydrogen-bond acceptors (Lipinski definition) is 5. The highest BCUT2D eigenvalue weighted by Gasteiger charge is 2.32. The molecule has 1 aliphatic heterocycles. The van der Waals surface area contributed by atoms with E-state index in [-0.39, 0.29) is 17.4 Å². The van der Waals surface area contributed by atoms with Gasteiger partial charge in [-0.2, -0.15) is 0 Å². The second kappa shape index (κ2) is 7.13. The molecular formula is C19H24N3O2SSi. The fourth-order valence-electron chi connectivity index (χ4n) is 3.02. The number of aromatic nitrogens is 2. The number of anilines is 2. The third-order valence-corrected chi connectivity index (χ3v) is 5.80. The summed E-state index contributed by atoms with van der Waals surface area (Å²) >= 11 is 1.54. The second-order valence-electron chi connectivity index (χ2n) is 7.64. The summed E-state index contributed by atoms with van der Waals surface area (Å²) in [6, 6.07) is 6.23. The molecule has 0 saturated carbocycles. The van der Waals surface area contributed by atoms with Gasteiger partial charge >= 0.3 is 0 Å². The van der Waals surface area contributed by atoms with Crippen LogP contribution in [0.2, 0.25) is 13.1 Å². The number of carbonyl (C=O) groups excluding carboxylic acids is 1. The molecule has 137 valence electrons. The average molecular weight is 387 g/mol. The Morgan fingerprint density at radius 1 is 1.23 bits per heavy atom. The van der Waals surface area contributed by atoms with E-state index in [2.05, 4.69) is 62.0 Å². The maximum absolute atomic E-state index is 12.4. The van der Waals surface area contributed by atoms with Crippen molar-refractivity contribution in [1.29, 1.82) is 0 Å². The van der Waals surface area contributed by atoms with Gasteiger partial charge in [-0.05, 0) is 36.2 Å². The molecule has 5 nitrogen and oxygen atoms in total. The fraction of sp³-hybridized carbons (Fsp3) is 0.421. The number of benzene rings is 1. The van der Waals surface area contributed by atoms with Gasteiger partial charge in [0.15, 0.2) is 5.82 Å². The third kappa shape index (κ3) is 3.70. The van der Waals surface area contributed by atoms with Crippen LogP contribution in [0.1, 0.15) is 39.4 Å². The van der Waals surface area contributed by atoms with Crippen LogP contribution in [0.25, 0.3) is 0 Å². The lowest BCUT2D eigenvalue weighted by Gasteiger charge is -2.34. The van der Waals surface area contributed by atoms with Crippen LogP contribution in [0.3, 0.4) is 0 Å². The zero-order valence-electron chi connectivity index (χ0n) is 16.0. The number of fused-ring (bicyclic) bond motifs is 2. The summed E-state index contributed by atoms with van der Waals surface area (Å²) < 4.78 is 6.32. The van der Waals surface area contributed by atoms with Crippen LogP contribution in [0.15, 0.2) is 40.5 Å². The molecule has 1 unspecified atom stereocenters. The van der Waals surface area contributed by atoms with Gasteiger partial charge in [0, 0.05) is 24.2 Å². The van der Waals surface area contributed by atoms with Gasteiger partial charge in [-0.25, -0.2) is 9.97 Å². The Balaban J connectivity index is 2.10. The molecule has 1 aromatic heterocycles. The van der Waals surface area contributed by atoms with Crippen LogP contribution in [0, 0.1) is 5.41 Å². The van der Waals surface area contributed by atoms with Crippen molar-refractivity contribution in [2.45, 2.75) is 56.8 Å². The molecule has 2 aromatic rings. The van der Waals surface area contributed by atoms with E-state index in [0.29, 0.717) is 5.82 Å². The van der Waals surface area contributed by atoms with Crippen LogP contribution < -0.4 is 4.90 Å². The molecule has 0 fully saturated rings. The summed E-state index contributed by atoms with van der Waals surface area (Å²) in [5.41, 5.74) is 1.89. The Labute approximate surface area is 160 Å². The first-order valence-corrected chi connectivity index (χ1v) is 11.8. The first-order chi connectivity index (χ1) is 12.2. The van der Waals surface area contributed by atoms with E-state index >= 15 is 0 Å². The van der Waals surface area contributed by atoms with Crippen LogP contribution in [0.5, 0.6) is 0 Å². The Morgan fingerprint density at radius 2 is 1.92 bits per heavy atom. The molecule has 3 rings (SSSR count). The van der Waals surface area contributed by atoms with E-state index < -0.39 is 9.04 Å². The summed E-state index contributed by atoms with van der Waals surface area (Å²) in [6.45, 7) is 12.4. The standard InChI is InChI=1S/C19H24N3O2SSi/c1-12(23)22-14-11-13(16(19(2,3)4)24-26(5)6)7-8-15(14)25-18-17(22)20-9-10-21-18/h7-11,16H,1-6H3. The summed E-state index contributed by atoms with van der Waals surface area (Å²) in [6.07, 6.45) is 3.24. The van der Waals surface area contributed by atoms with Crippen molar-refractivity contribution in [3.63, 3.8) is 0 Å². The van der Waals surface area contributed by atoms with Gasteiger partial charge in [0.2, 0.25) is 14.9 Å². The van der Waals surface area contributed by atoms with Crippen molar-refractivity contribution in [1.82, 2.24) is 9.97 Å². The number of hydrogen-bond donors (Lipinski definition) is 0. The van der Waals surface area contributed by atoms with E-state index in [1.54, 1.807) is 36.0 Å². The summed E-state index contributed by atoms with van der Waals surface area (Å²) in [4.78, 5) is 23.8. The maximum Gasteiger partial charge on any atom is 0.229 e. The van der Waals surface area contributed by atoms with Gasteiger partial charge in [0.25, 0.3) is 0 Å². The molecule has 1 atom stereocenters. The molecule has 1 radical (unpaired) electrons. The van der Waals surface area contributed by atoms with Crippen LogP contribution in [-0.2, 0) is 9.22 Å². The molecular weight excluding hydrogens is 362 g/mol. The topological polar surface area (TPSA) is 55.3 Å². The lowest BCUT2D eigenvalue weighted by Crippen LogP contribution is -2.29. The van der Waals surface area contributed by atoms with E-state index in [4.69, 9.17) is 4.43 Å². The molecule has 1 amide bonds. The fourth-order valence-corrected chi connectivity index (χ4v) is 4.93. The van der Waals surface area contributed by atoms with E-state index in [0.717, 1.165) is 21.2 Å². The van der Waals surface area contributed by atoms with Crippen molar-refractivity contribution in [2.75, 3.05) is 4.90 Å². The molecule has 0 bridgehead atoms. The molecule has 0 aliphatic carbocycles. The molecule has 1 aromatic carbocycles. The molecule has 0 spiro atoms. The number of carbonyl (C=O) groups is 1. The lowest BCUT2D eigenvalue weighted by atomic mass is 9.84. The molecule has 7 heteroatoms. The maximum atomic E-state index is 12.4. The highest BCUT2D eigenvalue weighted by atomic mass is 32.2. The predicted octanol–water partition coefficient (Wildman–Crippen LogP) is 4.98. The molecule has 2 heterocycles. The lowest BCUT2D eigenvalue weighted by molar-refractivity contribution is -0.115. The average Bonchev–Trinajstić information content (AvgIpc) is 2.55. The first-order valence-electron chi connectivity index (χ1n) is 8.59. The van der Waals surface area contributed by atoms with E-state index in [1.807, 2.05) is 0 Å². The van der Waals surface area contributed by atoms with Gasteiger partial charge in [0.1, 0.15) is 5.03 Å². The zero-order valence-corrected chi connectivity index (χ0v) is 17.8. The minimum atomic E-state index is -0.869. The zero-order chi connectivity index (χ0) is 19.1. The smallest absolute Gasteiger partial charge is 0.229 e. The molecule has 1 aliphatic rings. The quantitative estimate of drug-likeness (QED) is 0.696. The normalized spacial score (nSPS) is 14.8. The minimum absolute atomic E-state index is 0.0289. The highest BCUT2D eigenvalue weighted by molar-refractivity contribution is 7.99. The Hall–Kier alpha value is -1.70. The summed E-state index contributed by atoms with van der Waals surface area (Å²) in [7, 11) is -0.869. The van der Waals surface area contributed by atoms with Crippen LogP contribution in [0.4, 0.5) is 11.5 Å². The van der Waals surface area contributed by atoms with Crippen molar-refractivity contribution >= 4 is 38.2 Å². The highest BCUT2D eigenvalue weighted by Crippen LogP contribution is 2.48. The minimum Gasteiger partial charge on any atom is -0.410 e. The molecule has 0 saturated heterocycles. The number of nitrogens with zero attached hydrogens (tertiary/aromatic N) is 3. The monoisotopic (exact) mass is 386 g/mol. The second-order valence-corrected chi connectivity index (χ2v) is 10.7. The molecule has 26 heavy (non-hydrogen) atoms. The SMILES string of the molecule is CC(=O)N1c2cc(C(O[Si](C)C)C(C)(C)C)ccc2Sc2nccnc21. The van der Waals surface area contributed by atoms with Gasteiger partial charge in [-0.1, -0.05) is 38.6 Å². The van der Waals surface area contributed by atoms with Crippen molar-refractivity contribution in [3.05, 3.63) is 36.2 Å². The van der Waals surface area contributed by atoms with Crippen molar-refractivity contribution < 1.29 is 9.22 Å². The van der Waals surface area contributed by atoms with Crippen LogP contribution >= 0.6 is 11.8 Å². The number of rotatable bonds is 3. The van der Waals surface area contributed by atoms with Gasteiger partial charge in [0.05, 0.1) is 11.8 Å². The summed E-state index contributed by atoms with van der Waals surface area (Å²) in [5, 5.41) is 0.749. The first kappa shape index (κ1) is 19.1. The van der Waals surface area contributed by atoms with Crippen molar-refractivity contribution in [3.8, 4) is 0 Å². The Morgan fingerprint density at radius 3 is 2.54 bits per heavy atom. The van der Waals surface area contributed by atoms with E-state index in [1.165, 1.54) is 0 Å². The third-order valence-electron chi connectivity index (χ3n) is 4.05. The Bertz CT molecular complexity index is 836. The predicted molar refractivity (Wildman–Crippen MR) is 106 cm³/mol. The van der Waals surface area contributed by atoms with Crippen molar-refractivity contribution in [2.24, 2.45) is 5.41 Å². The number of amides is 1.